The van der Waals surface area contributed by atoms with Gasteiger partial charge in [0, 0.05) is 22.1 Å². The van der Waals surface area contributed by atoms with Crippen LogP contribution in [0.4, 0.5) is 0 Å². The predicted molar refractivity (Wildman–Crippen MR) is 117 cm³/mol. The van der Waals surface area contributed by atoms with Crippen LogP contribution in [0.5, 0.6) is 0 Å². The quantitative estimate of drug-likeness (QED) is 0.598. The first-order valence-corrected chi connectivity index (χ1v) is 10.6. The van der Waals surface area contributed by atoms with E-state index in [1.165, 1.54) is 0 Å². The standard InChI is InChI=1S/C22H26BrClN2O2/c1-4-15(2)25-22(28)16(3)26(14-18-6-5-7-19(23)12-18)21(27)13-17-8-10-20(24)11-9-17/h5-12,15-16H,4,13-14H2,1-3H3,(H,25,28). The lowest BCUT2D eigenvalue weighted by atomic mass is 10.1. The molecule has 0 aromatic heterocycles. The molecule has 0 radical (unpaired) electrons. The van der Waals surface area contributed by atoms with Gasteiger partial charge >= 0.3 is 0 Å². The van der Waals surface area contributed by atoms with E-state index in [1.54, 1.807) is 24.0 Å². The Morgan fingerprint density at radius 3 is 2.39 bits per heavy atom. The second-order valence-corrected chi connectivity index (χ2v) is 8.30. The van der Waals surface area contributed by atoms with Crippen molar-refractivity contribution < 1.29 is 9.59 Å². The molecule has 0 fully saturated rings. The van der Waals surface area contributed by atoms with Crippen molar-refractivity contribution in [3.8, 4) is 0 Å². The Hall–Kier alpha value is -1.85. The monoisotopic (exact) mass is 464 g/mol. The third kappa shape index (κ3) is 6.64. The van der Waals surface area contributed by atoms with Crippen LogP contribution in [-0.4, -0.2) is 28.8 Å². The zero-order valence-corrected chi connectivity index (χ0v) is 18.8. The molecule has 0 aliphatic rings. The molecule has 0 saturated carbocycles. The van der Waals surface area contributed by atoms with Crippen LogP contribution in [0.3, 0.4) is 0 Å². The fourth-order valence-corrected chi connectivity index (χ4v) is 3.33. The molecule has 0 spiro atoms. The van der Waals surface area contributed by atoms with E-state index in [9.17, 15) is 9.59 Å². The Labute approximate surface area is 180 Å². The Morgan fingerprint density at radius 2 is 1.79 bits per heavy atom. The van der Waals surface area contributed by atoms with Gasteiger partial charge < -0.3 is 10.2 Å². The average Bonchev–Trinajstić information content (AvgIpc) is 2.67. The van der Waals surface area contributed by atoms with Gasteiger partial charge in [0.25, 0.3) is 0 Å². The first-order valence-electron chi connectivity index (χ1n) is 9.39. The van der Waals surface area contributed by atoms with E-state index < -0.39 is 6.04 Å². The third-order valence-electron chi connectivity index (χ3n) is 4.68. The van der Waals surface area contributed by atoms with E-state index in [1.807, 2.05) is 50.2 Å². The van der Waals surface area contributed by atoms with Crippen LogP contribution in [0, 0.1) is 0 Å². The number of rotatable bonds is 8. The molecule has 6 heteroatoms. The second kappa shape index (κ2) is 10.6. The summed E-state index contributed by atoms with van der Waals surface area (Å²) in [6, 6.07) is 14.5. The van der Waals surface area contributed by atoms with Crippen molar-refractivity contribution in [2.24, 2.45) is 0 Å². The van der Waals surface area contributed by atoms with Crippen LogP contribution in [0.2, 0.25) is 5.02 Å². The summed E-state index contributed by atoms with van der Waals surface area (Å²) in [5.74, 6) is -0.247. The maximum absolute atomic E-state index is 13.1. The summed E-state index contributed by atoms with van der Waals surface area (Å²) >= 11 is 9.40. The summed E-state index contributed by atoms with van der Waals surface area (Å²) in [4.78, 5) is 27.4. The number of hydrogen-bond acceptors (Lipinski definition) is 2. The van der Waals surface area contributed by atoms with Gasteiger partial charge in [0.1, 0.15) is 6.04 Å². The van der Waals surface area contributed by atoms with Crippen molar-refractivity contribution in [1.29, 1.82) is 0 Å². The van der Waals surface area contributed by atoms with Crippen LogP contribution in [0.15, 0.2) is 53.0 Å². The lowest BCUT2D eigenvalue weighted by molar-refractivity contribution is -0.140. The van der Waals surface area contributed by atoms with Crippen LogP contribution >= 0.6 is 27.5 Å². The van der Waals surface area contributed by atoms with Crippen LogP contribution in [0.1, 0.15) is 38.3 Å². The third-order valence-corrected chi connectivity index (χ3v) is 5.42. The van der Waals surface area contributed by atoms with Gasteiger partial charge in [0.05, 0.1) is 6.42 Å². The predicted octanol–water partition coefficient (Wildman–Crippen LogP) is 4.98. The minimum absolute atomic E-state index is 0.0639. The Morgan fingerprint density at radius 1 is 1.11 bits per heavy atom. The zero-order valence-electron chi connectivity index (χ0n) is 16.4. The average molecular weight is 466 g/mol. The molecular formula is C22H26BrClN2O2. The number of nitrogens with one attached hydrogen (secondary N) is 1. The van der Waals surface area contributed by atoms with Crippen molar-refractivity contribution in [3.05, 3.63) is 69.2 Å². The molecule has 2 amide bonds. The number of carbonyl (C=O) groups excluding carboxylic acids is 2. The number of hydrogen-bond donors (Lipinski definition) is 1. The smallest absolute Gasteiger partial charge is 0.242 e. The van der Waals surface area contributed by atoms with E-state index in [4.69, 9.17) is 11.6 Å². The molecular weight excluding hydrogens is 440 g/mol. The highest BCUT2D eigenvalue weighted by atomic mass is 79.9. The molecule has 2 unspecified atom stereocenters. The van der Waals surface area contributed by atoms with Crippen LogP contribution in [-0.2, 0) is 22.6 Å². The maximum atomic E-state index is 13.1. The largest absolute Gasteiger partial charge is 0.352 e. The van der Waals surface area contributed by atoms with Gasteiger partial charge in [0.15, 0.2) is 0 Å². The van der Waals surface area contributed by atoms with Crippen molar-refractivity contribution >= 4 is 39.3 Å². The van der Waals surface area contributed by atoms with Crippen molar-refractivity contribution in [2.45, 2.75) is 52.2 Å². The minimum atomic E-state index is -0.576. The summed E-state index contributed by atoms with van der Waals surface area (Å²) in [5.41, 5.74) is 1.82. The van der Waals surface area contributed by atoms with Gasteiger partial charge in [-0.1, -0.05) is 58.7 Å². The molecule has 28 heavy (non-hydrogen) atoms. The number of nitrogens with zero attached hydrogens (tertiary/aromatic N) is 1. The van der Waals surface area contributed by atoms with Gasteiger partial charge in [-0.05, 0) is 55.7 Å². The highest BCUT2D eigenvalue weighted by molar-refractivity contribution is 9.10. The normalized spacial score (nSPS) is 12.9. The summed E-state index contributed by atoms with van der Waals surface area (Å²) in [5, 5.41) is 3.60. The molecule has 2 rings (SSSR count). The van der Waals surface area contributed by atoms with E-state index in [-0.39, 0.29) is 24.3 Å². The Balaban J connectivity index is 2.22. The first-order chi connectivity index (χ1) is 13.3. The molecule has 0 heterocycles. The lowest BCUT2D eigenvalue weighted by Crippen LogP contribution is -2.49. The highest BCUT2D eigenvalue weighted by Gasteiger charge is 2.26. The van der Waals surface area contributed by atoms with Gasteiger partial charge in [0.2, 0.25) is 11.8 Å². The second-order valence-electron chi connectivity index (χ2n) is 6.95. The van der Waals surface area contributed by atoms with E-state index in [0.29, 0.717) is 11.6 Å². The highest BCUT2D eigenvalue weighted by Crippen LogP contribution is 2.17. The fourth-order valence-electron chi connectivity index (χ4n) is 2.76. The van der Waals surface area contributed by atoms with Crippen molar-refractivity contribution in [1.82, 2.24) is 10.2 Å². The molecule has 2 aromatic rings. The number of carbonyl (C=O) groups is 2. The maximum Gasteiger partial charge on any atom is 0.242 e. The SMILES string of the molecule is CCC(C)NC(=O)C(C)N(Cc1cccc(Br)c1)C(=O)Cc1ccc(Cl)cc1. The lowest BCUT2D eigenvalue weighted by Gasteiger charge is -2.30. The van der Waals surface area contributed by atoms with Crippen molar-refractivity contribution in [3.63, 3.8) is 0 Å². The van der Waals surface area contributed by atoms with Crippen molar-refractivity contribution in [2.75, 3.05) is 0 Å². The van der Waals surface area contributed by atoms with E-state index in [2.05, 4.69) is 21.2 Å². The molecule has 0 bridgehead atoms. The van der Waals surface area contributed by atoms with Gasteiger partial charge in [-0.15, -0.1) is 0 Å². The van der Waals surface area contributed by atoms with E-state index >= 15 is 0 Å². The zero-order chi connectivity index (χ0) is 20.7. The fraction of sp³-hybridized carbons (Fsp3) is 0.364. The molecule has 0 saturated heterocycles. The number of halogens is 2. The molecule has 1 N–H and O–H groups in total. The Kier molecular flexibility index (Phi) is 8.52. The summed E-state index contributed by atoms with van der Waals surface area (Å²) in [6.07, 6.45) is 1.05. The van der Waals surface area contributed by atoms with Gasteiger partial charge in [-0.25, -0.2) is 0 Å². The molecule has 4 nitrogen and oxygen atoms in total. The molecule has 0 aliphatic carbocycles. The number of benzene rings is 2. The number of amides is 2. The van der Waals surface area contributed by atoms with Crippen LogP contribution < -0.4 is 5.32 Å². The van der Waals surface area contributed by atoms with Crippen LogP contribution in [0.25, 0.3) is 0 Å². The Bertz CT molecular complexity index is 810. The summed E-state index contributed by atoms with van der Waals surface area (Å²) in [7, 11) is 0. The summed E-state index contributed by atoms with van der Waals surface area (Å²) in [6.45, 7) is 6.11. The topological polar surface area (TPSA) is 49.4 Å². The molecule has 150 valence electrons. The molecule has 2 atom stereocenters. The van der Waals surface area contributed by atoms with Gasteiger partial charge in [-0.2, -0.15) is 0 Å². The summed E-state index contributed by atoms with van der Waals surface area (Å²) < 4.78 is 0.937. The van der Waals surface area contributed by atoms with Gasteiger partial charge in [-0.3, -0.25) is 9.59 Å². The molecule has 2 aromatic carbocycles. The molecule has 0 aliphatic heterocycles. The minimum Gasteiger partial charge on any atom is -0.352 e. The van der Waals surface area contributed by atoms with E-state index in [0.717, 1.165) is 22.0 Å². The first kappa shape index (κ1) is 22.4.